The average molecular weight is 1400 g/mol. The fourth-order valence-electron chi connectivity index (χ4n) is 39.7. The topological polar surface area (TPSA) is 178 Å². The van der Waals surface area contributed by atoms with E-state index in [-0.39, 0.29) is 52.6 Å². The lowest BCUT2D eigenvalue weighted by Gasteiger charge is -2.44. The van der Waals surface area contributed by atoms with Gasteiger partial charge in [0.2, 0.25) is 0 Å². The number of rotatable bonds is 1. The number of hydrogen-bond acceptors (Lipinski definition) is 13. The molecule has 0 amide bonds. The van der Waals surface area contributed by atoms with E-state index in [0.717, 1.165) is 228 Å². The maximum absolute atomic E-state index is 12.2. The summed E-state index contributed by atoms with van der Waals surface area (Å²) in [6.07, 6.45) is 25.3. The molecule has 0 aromatic carbocycles. The molecular formula is C89H122O13. The highest BCUT2D eigenvalue weighted by atomic mass is 16.6. The number of aliphatic hydroxyl groups is 1. The second kappa shape index (κ2) is 22.3. The van der Waals surface area contributed by atoms with Crippen LogP contribution in [0.1, 0.15) is 170 Å². The number of fused-ring (bicyclic) bond motifs is 61. The van der Waals surface area contributed by atoms with Gasteiger partial charge >= 0.3 is 35.8 Å². The second-order valence-electron chi connectivity index (χ2n) is 43.5. The molecule has 6 heterocycles. The van der Waals surface area contributed by atoms with Crippen LogP contribution in [0.4, 0.5) is 0 Å². The highest BCUT2D eigenvalue weighted by Gasteiger charge is 2.77. The van der Waals surface area contributed by atoms with Crippen molar-refractivity contribution in [2.24, 2.45) is 295 Å². The average Bonchev–Trinajstić information content (AvgIpc) is 1.54. The first-order valence-corrected chi connectivity index (χ1v) is 44.0. The maximum Gasteiger partial charge on any atom is 0.312 e. The van der Waals surface area contributed by atoms with Gasteiger partial charge in [-0.15, -0.1) is 0 Å². The molecule has 102 heavy (non-hydrogen) atoms. The third kappa shape index (κ3) is 8.11. The zero-order chi connectivity index (χ0) is 68.8. The molecular weight excluding hydrogens is 1280 g/mol. The summed E-state index contributed by atoms with van der Waals surface area (Å²) in [4.78, 5) is 71.7. The van der Waals surface area contributed by atoms with Crippen LogP contribution in [0.3, 0.4) is 0 Å². The van der Waals surface area contributed by atoms with Gasteiger partial charge in [0.1, 0.15) is 0 Å². The van der Waals surface area contributed by atoms with Crippen LogP contribution in [-0.2, 0) is 57.2 Å². The molecule has 50 atom stereocenters. The molecule has 22 saturated carbocycles. The lowest BCUT2D eigenvalue weighted by Crippen LogP contribution is -2.44. The molecule has 556 valence electrons. The minimum atomic E-state index is -0.0255. The molecule has 28 aliphatic rings. The third-order valence-electron chi connectivity index (χ3n) is 42.0. The molecule has 13 nitrogen and oxygen atoms in total. The van der Waals surface area contributed by atoms with E-state index in [0.29, 0.717) is 115 Å². The van der Waals surface area contributed by atoms with Crippen molar-refractivity contribution in [3.05, 3.63) is 0 Å². The first kappa shape index (κ1) is 64.7. The van der Waals surface area contributed by atoms with Crippen LogP contribution >= 0.6 is 0 Å². The fourth-order valence-corrected chi connectivity index (χ4v) is 39.7. The summed E-state index contributed by atoms with van der Waals surface area (Å²) in [6, 6.07) is 0. The van der Waals surface area contributed by atoms with Crippen molar-refractivity contribution in [2.75, 3.05) is 46.2 Å². The smallest absolute Gasteiger partial charge is 0.312 e. The molecule has 6 saturated heterocycles. The predicted octanol–water partition coefficient (Wildman–Crippen LogP) is 13.7. The number of esters is 6. The minimum Gasteiger partial charge on any atom is -0.465 e. The van der Waals surface area contributed by atoms with Crippen LogP contribution in [0, 0.1) is 295 Å². The molecule has 28 rings (SSSR count). The molecule has 0 radical (unpaired) electrons. The number of aliphatic hydroxyl groups excluding tert-OH is 1. The van der Waals surface area contributed by atoms with Crippen molar-refractivity contribution in [1.82, 2.24) is 0 Å². The predicted molar refractivity (Wildman–Crippen MR) is 373 cm³/mol. The van der Waals surface area contributed by atoms with E-state index in [1.165, 1.54) is 103 Å². The van der Waals surface area contributed by atoms with Gasteiger partial charge in [0.15, 0.2) is 0 Å². The lowest BCUT2D eigenvalue weighted by atomic mass is 9.59. The van der Waals surface area contributed by atoms with Crippen molar-refractivity contribution in [2.45, 2.75) is 170 Å². The summed E-state index contributed by atoms with van der Waals surface area (Å²) in [5.74, 6) is 38.3. The molecule has 13 heteroatoms. The Kier molecular flexibility index (Phi) is 14.1. The zero-order valence-electron chi connectivity index (χ0n) is 62.4. The van der Waals surface area contributed by atoms with Crippen molar-refractivity contribution < 1.29 is 62.3 Å². The van der Waals surface area contributed by atoms with E-state index in [2.05, 4.69) is 48.5 Å². The van der Waals surface area contributed by atoms with Gasteiger partial charge in [0.05, 0.1) is 74.1 Å². The third-order valence-corrected chi connectivity index (χ3v) is 42.0. The minimum absolute atomic E-state index is 0.0178. The first-order valence-electron chi connectivity index (χ1n) is 44.0. The van der Waals surface area contributed by atoms with Gasteiger partial charge in [-0.1, -0.05) is 48.5 Å². The largest absolute Gasteiger partial charge is 0.465 e. The van der Waals surface area contributed by atoms with E-state index in [9.17, 15) is 33.9 Å². The van der Waals surface area contributed by atoms with Crippen molar-refractivity contribution in [1.29, 1.82) is 0 Å². The van der Waals surface area contributed by atoms with Crippen LogP contribution in [-0.4, -0.2) is 87.2 Å². The van der Waals surface area contributed by atoms with E-state index in [1.807, 2.05) is 0 Å². The summed E-state index contributed by atoms with van der Waals surface area (Å²) in [6.45, 7) is 21.6. The molecule has 28 fully saturated rings. The molecule has 50 unspecified atom stereocenters. The Morgan fingerprint density at radius 2 is 0.676 bits per heavy atom. The van der Waals surface area contributed by atoms with E-state index < -0.39 is 0 Å². The van der Waals surface area contributed by atoms with E-state index >= 15 is 0 Å². The normalized spacial score (nSPS) is 64.0. The van der Waals surface area contributed by atoms with Crippen molar-refractivity contribution in [3.8, 4) is 0 Å². The molecule has 1 N–H and O–H groups in total. The zero-order valence-corrected chi connectivity index (χ0v) is 62.4. The van der Waals surface area contributed by atoms with Gasteiger partial charge in [-0.2, -0.15) is 0 Å². The van der Waals surface area contributed by atoms with Gasteiger partial charge in [0.25, 0.3) is 0 Å². The van der Waals surface area contributed by atoms with E-state index in [4.69, 9.17) is 28.4 Å². The summed E-state index contributed by atoms with van der Waals surface area (Å²) >= 11 is 0. The number of carbonyl (C=O) groups excluding carboxylic acids is 6. The summed E-state index contributed by atoms with van der Waals surface area (Å²) in [5.41, 5.74) is -0.0433. The number of hydrogen-bond donors (Lipinski definition) is 1. The second-order valence-corrected chi connectivity index (χ2v) is 43.5. The quantitative estimate of drug-likeness (QED) is 0.149. The number of cyclic esters (lactones) is 6. The molecule has 0 aromatic heterocycles. The first-order chi connectivity index (χ1) is 49.3. The van der Waals surface area contributed by atoms with Gasteiger partial charge in [0, 0.05) is 30.3 Å². The highest BCUT2D eigenvalue weighted by Crippen LogP contribution is 2.79. The van der Waals surface area contributed by atoms with E-state index in [1.54, 1.807) is 0 Å². The molecule has 6 aliphatic heterocycles. The monoisotopic (exact) mass is 1400 g/mol. The van der Waals surface area contributed by atoms with Gasteiger partial charge < -0.3 is 33.5 Å². The Hall–Kier alpha value is -3.22. The van der Waals surface area contributed by atoms with Crippen molar-refractivity contribution >= 4 is 35.8 Å². The Balaban J connectivity index is 0.0000000756. The lowest BCUT2D eigenvalue weighted by molar-refractivity contribution is -0.151. The molecule has 22 bridgehead atoms. The Bertz CT molecular complexity index is 3530. The van der Waals surface area contributed by atoms with Crippen LogP contribution in [0.15, 0.2) is 0 Å². The summed E-state index contributed by atoms with van der Waals surface area (Å²) in [5, 5.41) is 9.70. The molecule has 0 aromatic rings. The maximum atomic E-state index is 12.2. The van der Waals surface area contributed by atoms with Gasteiger partial charge in [-0.3, -0.25) is 28.8 Å². The molecule has 22 aliphatic carbocycles. The molecule has 2 spiro atoms. The summed E-state index contributed by atoms with van der Waals surface area (Å²) < 4.78 is 31.9. The van der Waals surface area contributed by atoms with Crippen LogP contribution < -0.4 is 0 Å². The van der Waals surface area contributed by atoms with Crippen LogP contribution in [0.25, 0.3) is 0 Å². The SMILES string of the molecule is CC1C(C)C2CC1C1C3CC(C4C(=O)OCC34)C21.CC1C(CO)C2CC1C1C3CC(C4COC(=O)C43)C21.CC1CC2CC1C1(CCOC1=O)C2.CC1CC2CC1C1C2C2CC1C1(CCOC1=O)C2.CC1CC2CC1C1C3CC(C4C(=O)OCC34)C21.CC1CC2CC1C1C3CC(C4COC(=O)C43)C21. The number of carbonyl (C=O) groups is 6. The standard InChI is InChI=1S/C16H22O3.2C16H22O2.2C15H20O2.C11H16O2/c1-6-7-2-8(11(6)4-17)14-9-3-10(13(7)14)15-12(9)5-19-16(15)18;1-6-7(2)9-3-8(6)13-10-4-11(14(9)13)15-12(10)5-18-16(15)17;1-8-4-9-5-11(8)14-12-6-10(13(9)14)7-16(12)2-3-18-15(16)17;1-6-2-7-3-8(6)13-9-4-10(12(7)13)14-11(9)5-17-15(14)16;1-6-2-7-3-8(6)13-10-4-9(12(7)13)11-5-17-15(16)14(10)11;1-7-4-8-5-9(7)11(6-8)2-3-13-10(11)12/h6-15,17H,2-5H2,1H3;6-15H,3-5H2,1-2H3;8-14H,2-7H2,1H3;2*6-14H,2-5H2,1H3;7-9H,2-6H2,1H3. The Morgan fingerprint density at radius 3 is 1.13 bits per heavy atom. The van der Waals surface area contributed by atoms with Gasteiger partial charge in [-0.25, -0.2) is 0 Å². The summed E-state index contributed by atoms with van der Waals surface area (Å²) in [7, 11) is 0. The number of ether oxygens (including phenoxy) is 6. The highest BCUT2D eigenvalue weighted by molar-refractivity contribution is 5.81. The Labute approximate surface area is 606 Å². The van der Waals surface area contributed by atoms with Gasteiger partial charge in [-0.05, 0) is 359 Å². The van der Waals surface area contributed by atoms with Crippen LogP contribution in [0.2, 0.25) is 0 Å². The van der Waals surface area contributed by atoms with Crippen LogP contribution in [0.5, 0.6) is 0 Å². The van der Waals surface area contributed by atoms with Crippen molar-refractivity contribution in [3.63, 3.8) is 0 Å². The fraction of sp³-hybridized carbons (Fsp3) is 0.933. The Morgan fingerprint density at radius 1 is 0.304 bits per heavy atom.